The molecule has 144 valence electrons. The summed E-state index contributed by atoms with van der Waals surface area (Å²) in [5, 5.41) is 0. The molecule has 2 rings (SSSR count). The molecule has 0 saturated heterocycles. The zero-order valence-corrected chi connectivity index (χ0v) is 16.0. The topological polar surface area (TPSA) is 76.7 Å². The third-order valence-corrected chi connectivity index (χ3v) is 3.56. The van der Waals surface area contributed by atoms with Gasteiger partial charge in [0.15, 0.2) is 0 Å². The molecular weight excluding hydrogens is 344 g/mol. The van der Waals surface area contributed by atoms with Crippen LogP contribution >= 0.6 is 0 Å². The zero-order valence-electron chi connectivity index (χ0n) is 16.0. The lowest BCUT2D eigenvalue weighted by Gasteiger charge is -2.12. The predicted molar refractivity (Wildman–Crippen MR) is 104 cm³/mol. The minimum Gasteiger partial charge on any atom is -0.493 e. The van der Waals surface area contributed by atoms with Crippen molar-refractivity contribution in [3.8, 4) is 11.5 Å². The fourth-order valence-electron chi connectivity index (χ4n) is 2.24. The number of amides is 2. The summed E-state index contributed by atoms with van der Waals surface area (Å²) in [6.45, 7) is 7.17. The van der Waals surface area contributed by atoms with Crippen molar-refractivity contribution in [3.05, 3.63) is 59.7 Å². The SMILES string of the molecule is CCCOc1ccccc1C(=O)NNC(=O)c1cccc(OCC(C)C)c1. The predicted octanol–water partition coefficient (Wildman–Crippen LogP) is 3.59. The van der Waals surface area contributed by atoms with Crippen molar-refractivity contribution in [2.24, 2.45) is 5.92 Å². The van der Waals surface area contributed by atoms with Crippen LogP contribution in [0.3, 0.4) is 0 Å². The first-order chi connectivity index (χ1) is 13.0. The minimum absolute atomic E-state index is 0.361. The van der Waals surface area contributed by atoms with E-state index >= 15 is 0 Å². The summed E-state index contributed by atoms with van der Waals surface area (Å²) in [4.78, 5) is 24.7. The number of para-hydroxylation sites is 1. The second-order valence-corrected chi connectivity index (χ2v) is 6.49. The number of carbonyl (C=O) groups excluding carboxylic acids is 2. The quantitative estimate of drug-likeness (QED) is 0.696. The Morgan fingerprint density at radius 1 is 0.963 bits per heavy atom. The maximum Gasteiger partial charge on any atom is 0.273 e. The molecule has 0 aliphatic carbocycles. The molecule has 0 atom stereocenters. The molecule has 0 aliphatic rings. The molecule has 2 aromatic rings. The minimum atomic E-state index is -0.442. The van der Waals surface area contributed by atoms with Crippen LogP contribution in [-0.4, -0.2) is 25.0 Å². The summed E-state index contributed by atoms with van der Waals surface area (Å²) in [7, 11) is 0. The molecule has 0 aromatic heterocycles. The monoisotopic (exact) mass is 370 g/mol. The molecule has 0 aliphatic heterocycles. The first-order valence-electron chi connectivity index (χ1n) is 9.06. The van der Waals surface area contributed by atoms with Gasteiger partial charge in [-0.2, -0.15) is 0 Å². The van der Waals surface area contributed by atoms with E-state index in [4.69, 9.17) is 9.47 Å². The average Bonchev–Trinajstić information content (AvgIpc) is 2.69. The molecule has 0 spiro atoms. The molecule has 2 aromatic carbocycles. The van der Waals surface area contributed by atoms with Crippen molar-refractivity contribution in [2.75, 3.05) is 13.2 Å². The summed E-state index contributed by atoms with van der Waals surface area (Å²) < 4.78 is 11.2. The Labute approximate surface area is 159 Å². The molecule has 2 amide bonds. The van der Waals surface area contributed by atoms with Gasteiger partial charge in [0.1, 0.15) is 11.5 Å². The van der Waals surface area contributed by atoms with E-state index in [-0.39, 0.29) is 0 Å². The number of benzene rings is 2. The van der Waals surface area contributed by atoms with E-state index in [0.29, 0.717) is 41.8 Å². The van der Waals surface area contributed by atoms with Crippen LogP contribution in [0.15, 0.2) is 48.5 Å². The van der Waals surface area contributed by atoms with Crippen molar-refractivity contribution in [1.82, 2.24) is 10.9 Å². The molecule has 0 saturated carbocycles. The van der Waals surface area contributed by atoms with Gasteiger partial charge in [-0.15, -0.1) is 0 Å². The molecule has 0 bridgehead atoms. The highest BCUT2D eigenvalue weighted by atomic mass is 16.5. The van der Waals surface area contributed by atoms with E-state index < -0.39 is 11.8 Å². The number of nitrogens with one attached hydrogen (secondary N) is 2. The van der Waals surface area contributed by atoms with Gasteiger partial charge < -0.3 is 9.47 Å². The highest BCUT2D eigenvalue weighted by Gasteiger charge is 2.14. The van der Waals surface area contributed by atoms with E-state index in [1.807, 2.05) is 20.8 Å². The highest BCUT2D eigenvalue weighted by Crippen LogP contribution is 2.18. The van der Waals surface area contributed by atoms with Gasteiger partial charge in [-0.05, 0) is 42.7 Å². The summed E-state index contributed by atoms with van der Waals surface area (Å²) in [5.41, 5.74) is 5.60. The van der Waals surface area contributed by atoms with E-state index in [1.54, 1.807) is 48.5 Å². The van der Waals surface area contributed by atoms with Crippen molar-refractivity contribution in [1.29, 1.82) is 0 Å². The van der Waals surface area contributed by atoms with Crippen molar-refractivity contribution >= 4 is 11.8 Å². The van der Waals surface area contributed by atoms with Crippen LogP contribution in [0.4, 0.5) is 0 Å². The second kappa shape index (κ2) is 10.2. The van der Waals surface area contributed by atoms with Gasteiger partial charge in [0, 0.05) is 5.56 Å². The van der Waals surface area contributed by atoms with Crippen LogP contribution in [-0.2, 0) is 0 Å². The second-order valence-electron chi connectivity index (χ2n) is 6.49. The summed E-state index contributed by atoms with van der Waals surface area (Å²) in [6.07, 6.45) is 0.835. The third kappa shape index (κ3) is 6.33. The molecule has 0 radical (unpaired) electrons. The van der Waals surface area contributed by atoms with E-state index in [2.05, 4.69) is 10.9 Å². The Morgan fingerprint density at radius 2 is 1.70 bits per heavy atom. The van der Waals surface area contributed by atoms with Crippen molar-refractivity contribution < 1.29 is 19.1 Å². The van der Waals surface area contributed by atoms with Crippen LogP contribution in [0, 0.1) is 5.92 Å². The van der Waals surface area contributed by atoms with E-state index in [0.717, 1.165) is 6.42 Å². The number of hydrogen-bond acceptors (Lipinski definition) is 4. The Kier molecular flexibility index (Phi) is 7.67. The van der Waals surface area contributed by atoms with Crippen molar-refractivity contribution in [3.63, 3.8) is 0 Å². The maximum atomic E-state index is 12.4. The lowest BCUT2D eigenvalue weighted by atomic mass is 10.2. The molecule has 6 nitrogen and oxygen atoms in total. The zero-order chi connectivity index (χ0) is 19.6. The first-order valence-corrected chi connectivity index (χ1v) is 9.06. The smallest absolute Gasteiger partial charge is 0.273 e. The molecular formula is C21H26N2O4. The van der Waals surface area contributed by atoms with Gasteiger partial charge >= 0.3 is 0 Å². The normalized spacial score (nSPS) is 10.4. The van der Waals surface area contributed by atoms with Crippen LogP contribution in [0.1, 0.15) is 47.9 Å². The summed E-state index contributed by atoms with van der Waals surface area (Å²) in [5.74, 6) is 0.612. The standard InChI is InChI=1S/C21H26N2O4/c1-4-12-26-19-11-6-5-10-18(19)21(25)23-22-20(24)16-8-7-9-17(13-16)27-14-15(2)3/h5-11,13,15H,4,12,14H2,1-3H3,(H,22,24)(H,23,25). The van der Waals surface area contributed by atoms with Gasteiger partial charge in [0.2, 0.25) is 0 Å². The highest BCUT2D eigenvalue weighted by molar-refractivity contribution is 6.00. The molecule has 0 unspecified atom stereocenters. The number of carbonyl (C=O) groups is 2. The summed E-state index contributed by atoms with van der Waals surface area (Å²) >= 11 is 0. The van der Waals surface area contributed by atoms with Gasteiger partial charge in [-0.1, -0.05) is 39.0 Å². The number of rotatable bonds is 8. The third-order valence-electron chi connectivity index (χ3n) is 3.56. The molecule has 0 heterocycles. The molecule has 6 heteroatoms. The Bertz CT molecular complexity index is 774. The fraction of sp³-hybridized carbons (Fsp3) is 0.333. The number of hydrogen-bond donors (Lipinski definition) is 2. The maximum absolute atomic E-state index is 12.4. The average molecular weight is 370 g/mol. The van der Waals surface area contributed by atoms with Gasteiger partial charge in [0.05, 0.1) is 18.8 Å². The summed E-state index contributed by atoms with van der Waals surface area (Å²) in [6, 6.07) is 13.7. The van der Waals surface area contributed by atoms with Gasteiger partial charge in [0.25, 0.3) is 11.8 Å². The Hall–Kier alpha value is -3.02. The van der Waals surface area contributed by atoms with Gasteiger partial charge in [-0.3, -0.25) is 20.4 Å². The lowest BCUT2D eigenvalue weighted by Crippen LogP contribution is -2.41. The van der Waals surface area contributed by atoms with E-state index in [9.17, 15) is 9.59 Å². The Balaban J connectivity index is 1.97. The largest absolute Gasteiger partial charge is 0.493 e. The van der Waals surface area contributed by atoms with Gasteiger partial charge in [-0.25, -0.2) is 0 Å². The van der Waals surface area contributed by atoms with Crippen LogP contribution < -0.4 is 20.3 Å². The number of hydrazine groups is 1. The molecule has 27 heavy (non-hydrogen) atoms. The number of ether oxygens (including phenoxy) is 2. The van der Waals surface area contributed by atoms with Crippen LogP contribution in [0.5, 0.6) is 11.5 Å². The molecule has 2 N–H and O–H groups in total. The van der Waals surface area contributed by atoms with E-state index in [1.165, 1.54) is 0 Å². The molecule has 0 fully saturated rings. The van der Waals surface area contributed by atoms with Crippen LogP contribution in [0.25, 0.3) is 0 Å². The van der Waals surface area contributed by atoms with Crippen molar-refractivity contribution in [2.45, 2.75) is 27.2 Å². The van der Waals surface area contributed by atoms with Crippen LogP contribution in [0.2, 0.25) is 0 Å². The first kappa shape index (κ1) is 20.3. The fourth-order valence-corrected chi connectivity index (χ4v) is 2.24. The Morgan fingerprint density at radius 3 is 2.44 bits per heavy atom. The lowest BCUT2D eigenvalue weighted by molar-refractivity contribution is 0.0844.